The van der Waals surface area contributed by atoms with Gasteiger partial charge in [0.25, 0.3) is 11.8 Å². The van der Waals surface area contributed by atoms with Crippen molar-refractivity contribution in [3.8, 4) is 0 Å². The number of furan rings is 1. The van der Waals surface area contributed by atoms with E-state index in [9.17, 15) is 9.59 Å². The van der Waals surface area contributed by atoms with Gasteiger partial charge >= 0.3 is 0 Å². The molecule has 0 saturated carbocycles. The number of aryl methyl sites for hydroxylation is 1. The molecular weight excluding hydrogens is 344 g/mol. The molecule has 0 aliphatic heterocycles. The maximum absolute atomic E-state index is 12.1. The predicted octanol–water partition coefficient (Wildman–Crippen LogP) is 3.39. The van der Waals surface area contributed by atoms with Crippen LogP contribution in [0.15, 0.2) is 70.6 Å². The molecule has 0 atom stereocenters. The number of amides is 2. The Balaban J connectivity index is 1.63. The van der Waals surface area contributed by atoms with Crippen LogP contribution >= 0.6 is 0 Å². The van der Waals surface area contributed by atoms with Crippen molar-refractivity contribution in [1.29, 1.82) is 0 Å². The number of pyridine rings is 1. The number of nitrogens with zero attached hydrogens (tertiary/aromatic N) is 2. The average molecular weight is 362 g/mol. The van der Waals surface area contributed by atoms with Gasteiger partial charge < -0.3 is 9.73 Å². The van der Waals surface area contributed by atoms with Crippen LogP contribution in [0.4, 0.5) is 5.69 Å². The summed E-state index contributed by atoms with van der Waals surface area (Å²) < 4.78 is 5.11. The van der Waals surface area contributed by atoms with Crippen molar-refractivity contribution in [2.24, 2.45) is 5.10 Å². The first-order valence-electron chi connectivity index (χ1n) is 8.25. The molecule has 2 N–H and O–H groups in total. The van der Waals surface area contributed by atoms with Gasteiger partial charge in [-0.05, 0) is 49.7 Å². The number of aromatic nitrogens is 1. The molecule has 2 heterocycles. The largest absolute Gasteiger partial charge is 0.469 e. The lowest BCUT2D eigenvalue weighted by Crippen LogP contribution is -2.19. The number of nitrogens with one attached hydrogen (secondary N) is 2. The Morgan fingerprint density at radius 1 is 0.963 bits per heavy atom. The van der Waals surface area contributed by atoms with Crippen molar-refractivity contribution in [3.05, 3.63) is 83.6 Å². The second-order valence-electron chi connectivity index (χ2n) is 5.80. The van der Waals surface area contributed by atoms with Gasteiger partial charge in [-0.25, -0.2) is 5.43 Å². The van der Waals surface area contributed by atoms with Crippen LogP contribution in [0.1, 0.15) is 39.0 Å². The first-order chi connectivity index (χ1) is 13.0. The SMILES string of the molecule is CC(=NNC(=O)c1ccoc1C)c1ccc(NC(=O)c2ccncc2)cc1. The third-order valence-corrected chi connectivity index (χ3v) is 3.93. The molecule has 2 aromatic heterocycles. The summed E-state index contributed by atoms with van der Waals surface area (Å²) in [5.74, 6) is -0.00485. The summed E-state index contributed by atoms with van der Waals surface area (Å²) in [7, 11) is 0. The number of hydrazone groups is 1. The molecular formula is C20H18N4O3. The minimum atomic E-state index is -0.332. The highest BCUT2D eigenvalue weighted by Gasteiger charge is 2.11. The van der Waals surface area contributed by atoms with Crippen LogP contribution in [0.25, 0.3) is 0 Å². The lowest BCUT2D eigenvalue weighted by molar-refractivity contribution is 0.0952. The predicted molar refractivity (Wildman–Crippen MR) is 102 cm³/mol. The molecule has 0 saturated heterocycles. The number of hydrogen-bond acceptors (Lipinski definition) is 5. The monoisotopic (exact) mass is 362 g/mol. The highest BCUT2D eigenvalue weighted by molar-refractivity contribution is 6.05. The fourth-order valence-electron chi connectivity index (χ4n) is 2.38. The Morgan fingerprint density at radius 2 is 1.67 bits per heavy atom. The summed E-state index contributed by atoms with van der Waals surface area (Å²) >= 11 is 0. The Hall–Kier alpha value is -3.74. The molecule has 0 spiro atoms. The van der Waals surface area contributed by atoms with Crippen molar-refractivity contribution in [1.82, 2.24) is 10.4 Å². The molecule has 3 aromatic rings. The van der Waals surface area contributed by atoms with E-state index in [0.717, 1.165) is 5.56 Å². The van der Waals surface area contributed by atoms with Gasteiger partial charge in [-0.2, -0.15) is 5.10 Å². The smallest absolute Gasteiger partial charge is 0.274 e. The minimum Gasteiger partial charge on any atom is -0.469 e. The van der Waals surface area contributed by atoms with Gasteiger partial charge in [-0.3, -0.25) is 14.6 Å². The Bertz CT molecular complexity index is 976. The van der Waals surface area contributed by atoms with Crippen molar-refractivity contribution in [2.45, 2.75) is 13.8 Å². The molecule has 0 aliphatic rings. The molecule has 0 radical (unpaired) electrons. The van der Waals surface area contributed by atoms with Crippen molar-refractivity contribution < 1.29 is 14.0 Å². The van der Waals surface area contributed by atoms with Gasteiger partial charge in [-0.1, -0.05) is 12.1 Å². The maximum atomic E-state index is 12.1. The van der Waals surface area contributed by atoms with E-state index in [2.05, 4.69) is 20.8 Å². The highest BCUT2D eigenvalue weighted by atomic mass is 16.3. The van der Waals surface area contributed by atoms with Gasteiger partial charge in [0, 0.05) is 23.6 Å². The second kappa shape index (κ2) is 8.09. The number of benzene rings is 1. The number of carbonyl (C=O) groups is 2. The molecule has 1 aromatic carbocycles. The summed E-state index contributed by atoms with van der Waals surface area (Å²) in [6.45, 7) is 3.50. The number of carbonyl (C=O) groups excluding carboxylic acids is 2. The van der Waals surface area contributed by atoms with E-state index in [1.165, 1.54) is 6.26 Å². The summed E-state index contributed by atoms with van der Waals surface area (Å²) in [6, 6.07) is 12.1. The molecule has 7 heteroatoms. The van der Waals surface area contributed by atoms with E-state index in [4.69, 9.17) is 4.42 Å². The first kappa shape index (κ1) is 18.1. The first-order valence-corrected chi connectivity index (χ1v) is 8.25. The van der Waals surface area contributed by atoms with Gasteiger partial charge in [-0.15, -0.1) is 0 Å². The van der Waals surface area contributed by atoms with Crippen LogP contribution in [0, 0.1) is 6.92 Å². The van der Waals surface area contributed by atoms with Gasteiger partial charge in [0.15, 0.2) is 0 Å². The third kappa shape index (κ3) is 4.46. The molecule has 0 fully saturated rings. The molecule has 7 nitrogen and oxygen atoms in total. The molecule has 3 rings (SSSR count). The Morgan fingerprint density at radius 3 is 2.30 bits per heavy atom. The lowest BCUT2D eigenvalue weighted by atomic mass is 10.1. The summed E-state index contributed by atoms with van der Waals surface area (Å²) in [4.78, 5) is 28.1. The molecule has 27 heavy (non-hydrogen) atoms. The van der Waals surface area contributed by atoms with Gasteiger partial charge in [0.05, 0.1) is 17.5 Å². The quantitative estimate of drug-likeness (QED) is 0.537. The number of rotatable bonds is 5. The third-order valence-electron chi connectivity index (χ3n) is 3.93. The van der Waals surface area contributed by atoms with Crippen LogP contribution in [-0.2, 0) is 0 Å². The van der Waals surface area contributed by atoms with E-state index in [0.29, 0.717) is 28.3 Å². The zero-order chi connectivity index (χ0) is 19.2. The fraction of sp³-hybridized carbons (Fsp3) is 0.100. The van der Waals surface area contributed by atoms with Crippen LogP contribution in [0.3, 0.4) is 0 Å². The van der Waals surface area contributed by atoms with E-state index >= 15 is 0 Å². The summed E-state index contributed by atoms with van der Waals surface area (Å²) in [5.41, 5.74) is 5.60. The number of hydrogen-bond donors (Lipinski definition) is 2. The Kier molecular flexibility index (Phi) is 5.41. The zero-order valence-corrected chi connectivity index (χ0v) is 14.9. The molecule has 0 bridgehead atoms. The van der Waals surface area contributed by atoms with E-state index < -0.39 is 0 Å². The standard InChI is InChI=1S/C20H18N4O3/c1-13(23-24-20(26)18-9-12-27-14(18)2)15-3-5-17(6-4-15)22-19(25)16-7-10-21-11-8-16/h3-12H,1-2H3,(H,22,25)(H,24,26). The van der Waals surface area contributed by atoms with Crippen LogP contribution < -0.4 is 10.7 Å². The molecule has 0 aliphatic carbocycles. The van der Waals surface area contributed by atoms with Gasteiger partial charge in [0.2, 0.25) is 0 Å². The normalized spacial score (nSPS) is 11.1. The Labute approximate surface area is 156 Å². The lowest BCUT2D eigenvalue weighted by Gasteiger charge is -2.07. The van der Waals surface area contributed by atoms with Crippen LogP contribution in [-0.4, -0.2) is 22.5 Å². The minimum absolute atomic E-state index is 0.210. The van der Waals surface area contributed by atoms with E-state index in [-0.39, 0.29) is 11.8 Å². The van der Waals surface area contributed by atoms with Crippen LogP contribution in [0.5, 0.6) is 0 Å². The topological polar surface area (TPSA) is 96.6 Å². The highest BCUT2D eigenvalue weighted by Crippen LogP contribution is 2.12. The average Bonchev–Trinajstić information content (AvgIpc) is 3.13. The van der Waals surface area contributed by atoms with Crippen molar-refractivity contribution in [3.63, 3.8) is 0 Å². The van der Waals surface area contributed by atoms with Crippen molar-refractivity contribution in [2.75, 3.05) is 5.32 Å². The van der Waals surface area contributed by atoms with Crippen LogP contribution in [0.2, 0.25) is 0 Å². The number of anilines is 1. The summed E-state index contributed by atoms with van der Waals surface area (Å²) in [6.07, 6.45) is 4.59. The fourth-order valence-corrected chi connectivity index (χ4v) is 2.38. The molecule has 136 valence electrons. The van der Waals surface area contributed by atoms with E-state index in [1.54, 1.807) is 56.6 Å². The van der Waals surface area contributed by atoms with E-state index in [1.807, 2.05) is 12.1 Å². The molecule has 2 amide bonds. The second-order valence-corrected chi connectivity index (χ2v) is 5.80. The molecule has 0 unspecified atom stereocenters. The summed E-state index contributed by atoms with van der Waals surface area (Å²) in [5, 5.41) is 6.92. The van der Waals surface area contributed by atoms with Gasteiger partial charge in [0.1, 0.15) is 5.76 Å². The maximum Gasteiger partial charge on any atom is 0.274 e. The zero-order valence-electron chi connectivity index (χ0n) is 14.9. The van der Waals surface area contributed by atoms with Crippen molar-refractivity contribution >= 4 is 23.2 Å².